The quantitative estimate of drug-likeness (QED) is 0.853. The number of rotatable bonds is 4. The van der Waals surface area contributed by atoms with Crippen molar-refractivity contribution in [3.8, 4) is 0 Å². The highest BCUT2D eigenvalue weighted by molar-refractivity contribution is 7.89. The third-order valence-corrected chi connectivity index (χ3v) is 8.16. The van der Waals surface area contributed by atoms with Crippen molar-refractivity contribution in [2.75, 3.05) is 13.1 Å². The summed E-state index contributed by atoms with van der Waals surface area (Å²) in [6.07, 6.45) is 11.0. The molecule has 3 aliphatic rings. The smallest absolute Gasteiger partial charge is 0.224 e. The molecule has 1 aliphatic heterocycles. The Morgan fingerprint density at radius 1 is 0.870 bits per heavy atom. The van der Waals surface area contributed by atoms with E-state index in [0.717, 1.165) is 51.4 Å². The molecule has 6 heteroatoms. The Kier molecular flexibility index (Phi) is 5.62. The molecule has 0 aromatic heterocycles. The minimum Gasteiger partial charge on any atom is -0.353 e. The van der Waals surface area contributed by atoms with Gasteiger partial charge in [-0.25, -0.2) is 12.7 Å². The summed E-state index contributed by atoms with van der Waals surface area (Å²) in [4.78, 5) is 12.5. The van der Waals surface area contributed by atoms with Crippen LogP contribution >= 0.6 is 0 Å². The summed E-state index contributed by atoms with van der Waals surface area (Å²) in [5.41, 5.74) is 0. The minimum atomic E-state index is -3.21. The van der Waals surface area contributed by atoms with Gasteiger partial charge < -0.3 is 5.32 Å². The zero-order chi connectivity index (χ0) is 16.3. The zero-order valence-corrected chi connectivity index (χ0v) is 14.8. The molecule has 0 bridgehead atoms. The molecule has 0 aromatic carbocycles. The summed E-state index contributed by atoms with van der Waals surface area (Å²) in [6.45, 7) is 0.976. The molecule has 1 amide bonds. The number of amides is 1. The molecule has 3 fully saturated rings. The van der Waals surface area contributed by atoms with Gasteiger partial charge in [0.1, 0.15) is 0 Å². The Hall–Kier alpha value is -0.620. The molecular formula is C17H30N2O3S. The summed E-state index contributed by atoms with van der Waals surface area (Å²) in [5.74, 6) is -0.0925. The molecule has 1 heterocycles. The van der Waals surface area contributed by atoms with Crippen molar-refractivity contribution < 1.29 is 13.2 Å². The Labute approximate surface area is 140 Å². The molecule has 1 N–H and O–H groups in total. The van der Waals surface area contributed by atoms with Crippen molar-refractivity contribution in [2.45, 2.75) is 81.9 Å². The monoisotopic (exact) mass is 342 g/mol. The molecule has 5 nitrogen and oxygen atoms in total. The van der Waals surface area contributed by atoms with Gasteiger partial charge in [0.2, 0.25) is 15.9 Å². The maximum Gasteiger partial charge on any atom is 0.224 e. The van der Waals surface area contributed by atoms with E-state index in [1.54, 1.807) is 4.31 Å². The van der Waals surface area contributed by atoms with Crippen molar-refractivity contribution in [1.82, 2.24) is 9.62 Å². The lowest BCUT2D eigenvalue weighted by molar-refractivity contribution is -0.127. The highest BCUT2D eigenvalue weighted by Crippen LogP contribution is 2.30. The molecule has 1 atom stereocenters. The molecule has 1 saturated heterocycles. The van der Waals surface area contributed by atoms with Crippen molar-refractivity contribution >= 4 is 15.9 Å². The number of nitrogens with one attached hydrogen (secondary N) is 1. The van der Waals surface area contributed by atoms with Crippen molar-refractivity contribution in [2.24, 2.45) is 5.92 Å². The summed E-state index contributed by atoms with van der Waals surface area (Å²) >= 11 is 0. The van der Waals surface area contributed by atoms with Crippen molar-refractivity contribution in [3.05, 3.63) is 0 Å². The number of piperidine rings is 1. The van der Waals surface area contributed by atoms with E-state index in [9.17, 15) is 13.2 Å². The summed E-state index contributed by atoms with van der Waals surface area (Å²) in [6, 6.07) is 0.304. The molecule has 2 aliphatic carbocycles. The molecule has 0 spiro atoms. The molecule has 23 heavy (non-hydrogen) atoms. The fraction of sp³-hybridized carbons (Fsp3) is 0.941. The van der Waals surface area contributed by atoms with Gasteiger partial charge in [0.05, 0.1) is 11.2 Å². The van der Waals surface area contributed by atoms with Gasteiger partial charge in [-0.15, -0.1) is 0 Å². The van der Waals surface area contributed by atoms with Crippen LogP contribution in [0, 0.1) is 5.92 Å². The maximum atomic E-state index is 12.7. The van der Waals surface area contributed by atoms with Gasteiger partial charge in [-0.3, -0.25) is 4.79 Å². The Balaban J connectivity index is 1.57. The van der Waals surface area contributed by atoms with Gasteiger partial charge in [-0.2, -0.15) is 0 Å². The van der Waals surface area contributed by atoms with Crippen LogP contribution in [0.2, 0.25) is 0 Å². The van der Waals surface area contributed by atoms with Crippen LogP contribution in [-0.2, 0) is 14.8 Å². The van der Waals surface area contributed by atoms with Crippen LogP contribution in [0.4, 0.5) is 0 Å². The zero-order valence-electron chi connectivity index (χ0n) is 14.0. The van der Waals surface area contributed by atoms with E-state index in [4.69, 9.17) is 0 Å². The number of sulfonamides is 1. The number of carbonyl (C=O) groups is 1. The van der Waals surface area contributed by atoms with Crippen molar-refractivity contribution in [3.63, 3.8) is 0 Å². The number of hydrogen-bond acceptors (Lipinski definition) is 3. The van der Waals surface area contributed by atoms with Crippen LogP contribution in [0.1, 0.15) is 70.6 Å². The molecule has 2 saturated carbocycles. The fourth-order valence-electron chi connectivity index (χ4n) is 4.35. The van der Waals surface area contributed by atoms with Gasteiger partial charge in [0.25, 0.3) is 0 Å². The standard InChI is InChI=1S/C17H30N2O3S/c20-17(18-15-8-2-1-3-9-15)14-7-6-12-19(13-14)23(21,22)16-10-4-5-11-16/h14-16H,1-13H2,(H,18,20)/t14-/m0/s1. The predicted molar refractivity (Wildman–Crippen MR) is 90.5 cm³/mol. The Morgan fingerprint density at radius 2 is 1.52 bits per heavy atom. The summed E-state index contributed by atoms with van der Waals surface area (Å²) in [7, 11) is -3.21. The summed E-state index contributed by atoms with van der Waals surface area (Å²) < 4.78 is 27.1. The van der Waals surface area contributed by atoms with Crippen molar-refractivity contribution in [1.29, 1.82) is 0 Å². The second kappa shape index (κ2) is 7.51. The third kappa shape index (κ3) is 4.08. The highest BCUT2D eigenvalue weighted by Gasteiger charge is 2.38. The van der Waals surface area contributed by atoms with Crippen LogP contribution in [0.15, 0.2) is 0 Å². The molecule has 0 radical (unpaired) electrons. The highest BCUT2D eigenvalue weighted by atomic mass is 32.2. The number of carbonyl (C=O) groups excluding carboxylic acids is 1. The first kappa shape index (κ1) is 17.2. The number of nitrogens with zero attached hydrogens (tertiary/aromatic N) is 1. The first-order valence-electron chi connectivity index (χ1n) is 9.37. The normalized spacial score (nSPS) is 28.8. The second-order valence-corrected chi connectivity index (χ2v) is 9.71. The topological polar surface area (TPSA) is 66.5 Å². The molecule has 3 rings (SSSR count). The lowest BCUT2D eigenvalue weighted by atomic mass is 9.93. The van der Waals surface area contributed by atoms with E-state index in [1.807, 2.05) is 0 Å². The average Bonchev–Trinajstić information content (AvgIpc) is 3.11. The molecule has 0 aromatic rings. The third-order valence-electron chi connectivity index (χ3n) is 5.79. The van der Waals surface area contributed by atoms with E-state index >= 15 is 0 Å². The lowest BCUT2D eigenvalue weighted by Crippen LogP contribution is -2.49. The minimum absolute atomic E-state index is 0.0724. The first-order valence-corrected chi connectivity index (χ1v) is 10.9. The molecular weight excluding hydrogens is 312 g/mol. The van der Waals surface area contributed by atoms with Gasteiger partial charge in [-0.05, 0) is 38.5 Å². The van der Waals surface area contributed by atoms with E-state index in [-0.39, 0.29) is 17.1 Å². The van der Waals surface area contributed by atoms with Crippen LogP contribution in [0.3, 0.4) is 0 Å². The van der Waals surface area contributed by atoms with E-state index in [2.05, 4.69) is 5.32 Å². The Bertz CT molecular complexity index is 508. The van der Waals surface area contributed by atoms with E-state index in [1.165, 1.54) is 19.3 Å². The van der Waals surface area contributed by atoms with Gasteiger partial charge in [0, 0.05) is 19.1 Å². The summed E-state index contributed by atoms with van der Waals surface area (Å²) in [5, 5.41) is 2.96. The largest absolute Gasteiger partial charge is 0.353 e. The van der Waals surface area contributed by atoms with E-state index in [0.29, 0.717) is 19.1 Å². The predicted octanol–water partition coefficient (Wildman–Crippen LogP) is 2.42. The van der Waals surface area contributed by atoms with Gasteiger partial charge in [0.15, 0.2) is 0 Å². The molecule has 132 valence electrons. The van der Waals surface area contributed by atoms with Crippen LogP contribution in [0.25, 0.3) is 0 Å². The van der Waals surface area contributed by atoms with E-state index < -0.39 is 10.0 Å². The van der Waals surface area contributed by atoms with Gasteiger partial charge >= 0.3 is 0 Å². The molecule has 0 unspecified atom stereocenters. The fourth-order valence-corrected chi connectivity index (χ4v) is 6.47. The first-order chi connectivity index (χ1) is 11.1. The Morgan fingerprint density at radius 3 is 2.22 bits per heavy atom. The van der Waals surface area contributed by atoms with Crippen LogP contribution < -0.4 is 5.32 Å². The SMILES string of the molecule is O=C(NC1CCCCC1)[C@H]1CCCN(S(=O)(=O)C2CCCC2)C1. The van der Waals surface area contributed by atoms with Crippen LogP contribution in [0.5, 0.6) is 0 Å². The van der Waals surface area contributed by atoms with Gasteiger partial charge in [-0.1, -0.05) is 32.1 Å². The van der Waals surface area contributed by atoms with Crippen LogP contribution in [-0.4, -0.2) is 43.0 Å². The number of hydrogen-bond donors (Lipinski definition) is 1. The second-order valence-electron chi connectivity index (χ2n) is 7.49. The lowest BCUT2D eigenvalue weighted by Gasteiger charge is -2.34. The maximum absolute atomic E-state index is 12.7. The average molecular weight is 343 g/mol.